The lowest BCUT2D eigenvalue weighted by Gasteiger charge is -2.09. The zero-order valence-electron chi connectivity index (χ0n) is 9.04. The molecule has 0 aliphatic carbocycles. The number of nitrogens with two attached hydrogens (primary N) is 1. The Hall–Kier alpha value is -1.70. The van der Waals surface area contributed by atoms with Crippen LogP contribution in [0.5, 0.6) is 0 Å². The van der Waals surface area contributed by atoms with Crippen LogP contribution in [0.3, 0.4) is 0 Å². The van der Waals surface area contributed by atoms with Crippen LogP contribution in [0, 0.1) is 0 Å². The van der Waals surface area contributed by atoms with Gasteiger partial charge in [0.05, 0.1) is 5.69 Å². The molecular formula is C10H9ClN4O2S. The van der Waals surface area contributed by atoms with Crippen LogP contribution < -0.4 is 10.5 Å². The zero-order chi connectivity index (χ0) is 13.2. The van der Waals surface area contributed by atoms with Crippen molar-refractivity contribution in [3.63, 3.8) is 0 Å². The maximum atomic E-state index is 11.4. The molecule has 18 heavy (non-hydrogen) atoms. The second-order valence-corrected chi connectivity index (χ2v) is 5.24. The first-order chi connectivity index (χ1) is 8.47. The number of para-hydroxylation sites is 1. The lowest BCUT2D eigenvalue weighted by atomic mass is 10.3. The average Bonchev–Trinajstić information content (AvgIpc) is 2.28. The monoisotopic (exact) mass is 284 g/mol. The normalized spacial score (nSPS) is 11.2. The summed E-state index contributed by atoms with van der Waals surface area (Å²) in [6, 6.07) is 7.81. The van der Waals surface area contributed by atoms with Gasteiger partial charge in [0.15, 0.2) is 0 Å². The minimum absolute atomic E-state index is 0.0141. The topological polar surface area (TPSA) is 98.0 Å². The Morgan fingerprint density at radius 3 is 2.61 bits per heavy atom. The summed E-state index contributed by atoms with van der Waals surface area (Å²) >= 11 is 5.64. The molecule has 0 radical (unpaired) electrons. The van der Waals surface area contributed by atoms with Gasteiger partial charge in [0.25, 0.3) is 0 Å². The van der Waals surface area contributed by atoms with Gasteiger partial charge in [0.2, 0.25) is 15.3 Å². The van der Waals surface area contributed by atoms with Crippen molar-refractivity contribution >= 4 is 33.1 Å². The summed E-state index contributed by atoms with van der Waals surface area (Å²) < 4.78 is 22.8. The quantitative estimate of drug-likeness (QED) is 0.833. The van der Waals surface area contributed by atoms with E-state index in [2.05, 4.69) is 15.3 Å². The molecule has 0 saturated heterocycles. The number of aromatic nitrogens is 2. The van der Waals surface area contributed by atoms with Crippen molar-refractivity contribution in [3.8, 4) is 0 Å². The van der Waals surface area contributed by atoms with Gasteiger partial charge in [-0.05, 0) is 29.8 Å². The zero-order valence-corrected chi connectivity index (χ0v) is 10.6. The van der Waals surface area contributed by atoms with Crippen LogP contribution in [0.25, 0.3) is 0 Å². The van der Waals surface area contributed by atoms with Crippen LogP contribution in [-0.2, 0) is 10.0 Å². The van der Waals surface area contributed by atoms with Gasteiger partial charge >= 0.3 is 0 Å². The lowest BCUT2D eigenvalue weighted by Crippen LogP contribution is -2.14. The van der Waals surface area contributed by atoms with E-state index in [0.717, 1.165) is 0 Å². The first-order valence-corrected chi connectivity index (χ1v) is 6.76. The molecule has 0 spiro atoms. The van der Waals surface area contributed by atoms with Crippen molar-refractivity contribution < 1.29 is 8.42 Å². The molecule has 0 aliphatic rings. The highest BCUT2D eigenvalue weighted by atomic mass is 35.5. The van der Waals surface area contributed by atoms with E-state index in [1.165, 1.54) is 12.3 Å². The Morgan fingerprint density at radius 2 is 1.94 bits per heavy atom. The SMILES string of the molecule is NS(=O)(=O)c1ccccc1Nc1ccnc(Cl)n1. The predicted molar refractivity (Wildman–Crippen MR) is 68.1 cm³/mol. The number of hydrogen-bond acceptors (Lipinski definition) is 5. The molecule has 8 heteroatoms. The smallest absolute Gasteiger partial charge is 0.240 e. The molecule has 3 N–H and O–H groups in total. The second-order valence-electron chi connectivity index (χ2n) is 3.38. The fourth-order valence-corrected chi connectivity index (χ4v) is 2.20. The Kier molecular flexibility index (Phi) is 3.46. The molecule has 94 valence electrons. The molecule has 0 fully saturated rings. The highest BCUT2D eigenvalue weighted by molar-refractivity contribution is 7.89. The summed E-state index contributed by atoms with van der Waals surface area (Å²) in [5.41, 5.74) is 0.328. The first-order valence-electron chi connectivity index (χ1n) is 4.84. The number of nitrogens with zero attached hydrogens (tertiary/aromatic N) is 2. The molecule has 0 saturated carbocycles. The van der Waals surface area contributed by atoms with Gasteiger partial charge in [-0.2, -0.15) is 0 Å². The summed E-state index contributed by atoms with van der Waals surface area (Å²) in [4.78, 5) is 7.61. The fraction of sp³-hybridized carbons (Fsp3) is 0. The van der Waals surface area contributed by atoms with Gasteiger partial charge in [-0.25, -0.2) is 23.5 Å². The molecule has 1 heterocycles. The van der Waals surface area contributed by atoms with Crippen molar-refractivity contribution in [1.82, 2.24) is 9.97 Å². The predicted octanol–water partition coefficient (Wildman–Crippen LogP) is 1.52. The number of nitrogens with one attached hydrogen (secondary N) is 1. The van der Waals surface area contributed by atoms with E-state index in [9.17, 15) is 8.42 Å². The van der Waals surface area contributed by atoms with Crippen LogP contribution in [-0.4, -0.2) is 18.4 Å². The van der Waals surface area contributed by atoms with E-state index in [1.54, 1.807) is 24.3 Å². The van der Waals surface area contributed by atoms with Gasteiger partial charge in [-0.3, -0.25) is 0 Å². The minimum Gasteiger partial charge on any atom is -0.339 e. The second kappa shape index (κ2) is 4.89. The summed E-state index contributed by atoms with van der Waals surface area (Å²) in [7, 11) is -3.80. The first kappa shape index (κ1) is 12.7. The number of hydrogen-bond donors (Lipinski definition) is 2. The fourth-order valence-electron chi connectivity index (χ4n) is 1.36. The van der Waals surface area contributed by atoms with E-state index >= 15 is 0 Å². The molecule has 2 rings (SSSR count). The number of halogens is 1. The number of primary sulfonamides is 1. The van der Waals surface area contributed by atoms with Crippen molar-refractivity contribution in [2.75, 3.05) is 5.32 Å². The Balaban J connectivity index is 2.41. The maximum absolute atomic E-state index is 11.4. The van der Waals surface area contributed by atoms with E-state index in [4.69, 9.17) is 16.7 Å². The van der Waals surface area contributed by atoms with Crippen LogP contribution in [0.2, 0.25) is 5.28 Å². The lowest BCUT2D eigenvalue weighted by molar-refractivity contribution is 0.598. The molecule has 6 nitrogen and oxygen atoms in total. The average molecular weight is 285 g/mol. The van der Waals surface area contributed by atoms with E-state index in [-0.39, 0.29) is 10.2 Å². The highest BCUT2D eigenvalue weighted by Gasteiger charge is 2.13. The third-order valence-corrected chi connectivity index (χ3v) is 3.23. The van der Waals surface area contributed by atoms with Gasteiger partial charge in [-0.1, -0.05) is 12.1 Å². The van der Waals surface area contributed by atoms with Gasteiger partial charge in [-0.15, -0.1) is 0 Å². The largest absolute Gasteiger partial charge is 0.339 e. The van der Waals surface area contributed by atoms with Crippen molar-refractivity contribution in [2.45, 2.75) is 4.90 Å². The van der Waals surface area contributed by atoms with E-state index < -0.39 is 10.0 Å². The van der Waals surface area contributed by atoms with Crippen molar-refractivity contribution in [1.29, 1.82) is 0 Å². The molecule has 0 amide bonds. The molecule has 1 aromatic heterocycles. The van der Waals surface area contributed by atoms with Crippen LogP contribution in [0.15, 0.2) is 41.4 Å². The van der Waals surface area contributed by atoms with Crippen molar-refractivity contribution in [3.05, 3.63) is 41.8 Å². The molecule has 0 aliphatic heterocycles. The number of rotatable bonds is 3. The Bertz CT molecular complexity index is 675. The Labute approximate surface area is 109 Å². The molecule has 0 atom stereocenters. The summed E-state index contributed by atoms with van der Waals surface area (Å²) in [6.07, 6.45) is 1.46. The van der Waals surface area contributed by atoms with E-state index in [0.29, 0.717) is 11.5 Å². The summed E-state index contributed by atoms with van der Waals surface area (Å²) in [6.45, 7) is 0. The van der Waals surface area contributed by atoms with Gasteiger partial charge in [0, 0.05) is 6.20 Å². The number of sulfonamides is 1. The molecule has 0 bridgehead atoms. The number of anilines is 2. The molecule has 0 unspecified atom stereocenters. The summed E-state index contributed by atoms with van der Waals surface area (Å²) in [5, 5.41) is 8.00. The molecule has 2 aromatic rings. The standard InChI is InChI=1S/C10H9ClN4O2S/c11-10-13-6-5-9(15-10)14-7-3-1-2-4-8(7)18(12,16)17/h1-6H,(H2,12,16,17)(H,13,14,15). The Morgan fingerprint density at radius 1 is 1.22 bits per heavy atom. The highest BCUT2D eigenvalue weighted by Crippen LogP contribution is 2.22. The van der Waals surface area contributed by atoms with Crippen LogP contribution in [0.1, 0.15) is 0 Å². The van der Waals surface area contributed by atoms with Crippen LogP contribution in [0.4, 0.5) is 11.5 Å². The van der Waals surface area contributed by atoms with Crippen LogP contribution >= 0.6 is 11.6 Å². The molecule has 1 aromatic carbocycles. The number of benzene rings is 1. The van der Waals surface area contributed by atoms with Crippen molar-refractivity contribution in [2.24, 2.45) is 5.14 Å². The van der Waals surface area contributed by atoms with Gasteiger partial charge in [0.1, 0.15) is 10.7 Å². The van der Waals surface area contributed by atoms with Gasteiger partial charge < -0.3 is 5.32 Å². The third-order valence-electron chi connectivity index (χ3n) is 2.08. The minimum atomic E-state index is -3.80. The third kappa shape index (κ3) is 2.95. The van der Waals surface area contributed by atoms with E-state index in [1.807, 2.05) is 0 Å². The molecular weight excluding hydrogens is 276 g/mol. The summed E-state index contributed by atoms with van der Waals surface area (Å²) in [5.74, 6) is 0.381. The maximum Gasteiger partial charge on any atom is 0.240 e.